The minimum atomic E-state index is -0.290. The normalized spacial score (nSPS) is 12.0. The van der Waals surface area contributed by atoms with Gasteiger partial charge in [0.15, 0.2) is 0 Å². The topological polar surface area (TPSA) is 62.3 Å². The van der Waals surface area contributed by atoms with Crippen molar-refractivity contribution in [1.82, 2.24) is 9.55 Å². The standard InChI is InChI=1S/C13H19N3O2/c1-13(2,18-4)8-16-11-6-5-9(17-3)7-10(11)15-12(16)14/h5-7H,8H2,1-4H3,(H2,14,15). The van der Waals surface area contributed by atoms with E-state index in [4.69, 9.17) is 15.2 Å². The summed E-state index contributed by atoms with van der Waals surface area (Å²) in [7, 11) is 3.33. The van der Waals surface area contributed by atoms with Crippen LogP contribution in [0.2, 0.25) is 0 Å². The molecule has 0 saturated carbocycles. The van der Waals surface area contributed by atoms with Gasteiger partial charge in [-0.15, -0.1) is 0 Å². The summed E-state index contributed by atoms with van der Waals surface area (Å²) in [5.74, 6) is 1.27. The van der Waals surface area contributed by atoms with Crippen molar-refractivity contribution < 1.29 is 9.47 Å². The summed E-state index contributed by atoms with van der Waals surface area (Å²) >= 11 is 0. The van der Waals surface area contributed by atoms with Crippen molar-refractivity contribution in [3.8, 4) is 5.75 Å². The first kappa shape index (κ1) is 12.7. The zero-order chi connectivity index (χ0) is 13.3. The van der Waals surface area contributed by atoms with Gasteiger partial charge in [-0.05, 0) is 26.0 Å². The number of methoxy groups -OCH3 is 2. The molecule has 0 fully saturated rings. The molecule has 1 aromatic carbocycles. The van der Waals surface area contributed by atoms with E-state index in [1.54, 1.807) is 14.2 Å². The van der Waals surface area contributed by atoms with E-state index >= 15 is 0 Å². The zero-order valence-electron chi connectivity index (χ0n) is 11.2. The van der Waals surface area contributed by atoms with Crippen LogP contribution >= 0.6 is 0 Å². The molecule has 0 spiro atoms. The first-order valence-corrected chi connectivity index (χ1v) is 5.82. The molecule has 5 nitrogen and oxygen atoms in total. The summed E-state index contributed by atoms with van der Waals surface area (Å²) in [5.41, 5.74) is 7.49. The second kappa shape index (κ2) is 4.49. The Labute approximate surface area is 107 Å². The number of hydrogen-bond acceptors (Lipinski definition) is 4. The van der Waals surface area contributed by atoms with Crippen LogP contribution in [0.5, 0.6) is 5.75 Å². The highest BCUT2D eigenvalue weighted by Gasteiger charge is 2.20. The summed E-state index contributed by atoms with van der Waals surface area (Å²) in [5, 5.41) is 0. The number of ether oxygens (including phenoxy) is 2. The third-order valence-electron chi connectivity index (χ3n) is 3.08. The molecule has 1 heterocycles. The number of anilines is 1. The molecule has 98 valence electrons. The summed E-state index contributed by atoms with van der Waals surface area (Å²) in [6, 6.07) is 5.74. The van der Waals surface area contributed by atoms with Crippen molar-refractivity contribution in [2.24, 2.45) is 0 Å². The van der Waals surface area contributed by atoms with Crippen molar-refractivity contribution in [3.63, 3.8) is 0 Å². The monoisotopic (exact) mass is 249 g/mol. The third kappa shape index (κ3) is 2.26. The fourth-order valence-corrected chi connectivity index (χ4v) is 1.87. The van der Waals surface area contributed by atoms with Crippen LogP contribution in [0.25, 0.3) is 11.0 Å². The first-order chi connectivity index (χ1) is 8.46. The maximum absolute atomic E-state index is 5.96. The Hall–Kier alpha value is -1.75. The fraction of sp³-hybridized carbons (Fsp3) is 0.462. The summed E-state index contributed by atoms with van der Waals surface area (Å²) in [4.78, 5) is 4.35. The highest BCUT2D eigenvalue weighted by Crippen LogP contribution is 2.25. The molecule has 0 radical (unpaired) electrons. The molecular weight excluding hydrogens is 230 g/mol. The number of hydrogen-bond donors (Lipinski definition) is 1. The molecule has 0 unspecified atom stereocenters. The largest absolute Gasteiger partial charge is 0.497 e. The second-order valence-electron chi connectivity index (χ2n) is 4.87. The van der Waals surface area contributed by atoms with Gasteiger partial charge in [0.2, 0.25) is 5.95 Å². The molecule has 5 heteroatoms. The summed E-state index contributed by atoms with van der Waals surface area (Å²) in [6.07, 6.45) is 0. The number of fused-ring (bicyclic) bond motifs is 1. The molecule has 0 aliphatic heterocycles. The molecular formula is C13H19N3O2. The average Bonchev–Trinajstić information content (AvgIpc) is 2.64. The van der Waals surface area contributed by atoms with Gasteiger partial charge >= 0.3 is 0 Å². The second-order valence-corrected chi connectivity index (χ2v) is 4.87. The third-order valence-corrected chi connectivity index (χ3v) is 3.08. The molecule has 1 aromatic heterocycles. The predicted molar refractivity (Wildman–Crippen MR) is 71.8 cm³/mol. The Morgan fingerprint density at radius 3 is 2.67 bits per heavy atom. The van der Waals surface area contributed by atoms with Gasteiger partial charge in [0.25, 0.3) is 0 Å². The molecule has 0 aliphatic carbocycles. The molecule has 0 atom stereocenters. The lowest BCUT2D eigenvalue weighted by Crippen LogP contribution is -2.29. The predicted octanol–water partition coefficient (Wildman–Crippen LogP) is 2.05. The van der Waals surface area contributed by atoms with Gasteiger partial charge in [-0.25, -0.2) is 4.98 Å². The van der Waals surface area contributed by atoms with Crippen LogP contribution in [0, 0.1) is 0 Å². The lowest BCUT2D eigenvalue weighted by molar-refractivity contribution is 0.00947. The first-order valence-electron chi connectivity index (χ1n) is 5.82. The van der Waals surface area contributed by atoms with E-state index in [0.717, 1.165) is 16.8 Å². The number of aromatic nitrogens is 2. The highest BCUT2D eigenvalue weighted by molar-refractivity contribution is 5.79. The van der Waals surface area contributed by atoms with E-state index in [-0.39, 0.29) is 5.60 Å². The summed E-state index contributed by atoms with van der Waals surface area (Å²) < 4.78 is 12.6. The Bertz CT molecular complexity index is 561. The molecule has 0 bridgehead atoms. The number of imidazole rings is 1. The van der Waals surface area contributed by atoms with Gasteiger partial charge in [-0.1, -0.05) is 0 Å². The van der Waals surface area contributed by atoms with E-state index in [2.05, 4.69) is 4.98 Å². The lowest BCUT2D eigenvalue weighted by atomic mass is 10.1. The van der Waals surface area contributed by atoms with Gasteiger partial charge in [0.05, 0.1) is 30.3 Å². The van der Waals surface area contributed by atoms with Gasteiger partial charge in [0, 0.05) is 13.2 Å². The Balaban J connectivity index is 2.48. The number of nitrogen functional groups attached to an aromatic ring is 1. The Morgan fingerprint density at radius 2 is 2.06 bits per heavy atom. The minimum absolute atomic E-state index is 0.290. The van der Waals surface area contributed by atoms with Crippen LogP contribution < -0.4 is 10.5 Å². The fourth-order valence-electron chi connectivity index (χ4n) is 1.87. The van der Waals surface area contributed by atoms with Crippen LogP contribution in [0.15, 0.2) is 18.2 Å². The van der Waals surface area contributed by atoms with Crippen molar-refractivity contribution >= 4 is 17.0 Å². The van der Waals surface area contributed by atoms with E-state index in [9.17, 15) is 0 Å². The van der Waals surface area contributed by atoms with Crippen LogP contribution in [0.3, 0.4) is 0 Å². The van der Waals surface area contributed by atoms with E-state index in [0.29, 0.717) is 12.5 Å². The van der Waals surface area contributed by atoms with Crippen molar-refractivity contribution in [2.45, 2.75) is 26.0 Å². The maximum atomic E-state index is 5.96. The van der Waals surface area contributed by atoms with E-state index in [1.807, 2.05) is 36.6 Å². The maximum Gasteiger partial charge on any atom is 0.201 e. The van der Waals surface area contributed by atoms with Gasteiger partial charge < -0.3 is 19.8 Å². The van der Waals surface area contributed by atoms with E-state index in [1.165, 1.54) is 0 Å². The van der Waals surface area contributed by atoms with Crippen LogP contribution in [0.1, 0.15) is 13.8 Å². The smallest absolute Gasteiger partial charge is 0.201 e. The number of nitrogens with zero attached hydrogens (tertiary/aromatic N) is 2. The Kier molecular flexibility index (Phi) is 3.17. The quantitative estimate of drug-likeness (QED) is 0.900. The number of benzene rings is 1. The van der Waals surface area contributed by atoms with E-state index < -0.39 is 0 Å². The molecule has 0 saturated heterocycles. The highest BCUT2D eigenvalue weighted by atomic mass is 16.5. The van der Waals surface area contributed by atoms with Crippen molar-refractivity contribution in [1.29, 1.82) is 0 Å². The Morgan fingerprint density at radius 1 is 1.33 bits per heavy atom. The van der Waals surface area contributed by atoms with Crippen molar-refractivity contribution in [2.75, 3.05) is 20.0 Å². The summed E-state index contributed by atoms with van der Waals surface area (Å²) in [6.45, 7) is 4.68. The SMILES string of the molecule is COc1ccc2c(c1)nc(N)n2CC(C)(C)OC. The number of rotatable bonds is 4. The zero-order valence-corrected chi connectivity index (χ0v) is 11.2. The number of nitrogens with two attached hydrogens (primary N) is 1. The molecule has 2 aromatic rings. The minimum Gasteiger partial charge on any atom is -0.497 e. The van der Waals surface area contributed by atoms with Gasteiger partial charge in [-0.2, -0.15) is 0 Å². The van der Waals surface area contributed by atoms with Crippen LogP contribution in [0.4, 0.5) is 5.95 Å². The molecule has 18 heavy (non-hydrogen) atoms. The van der Waals surface area contributed by atoms with Crippen LogP contribution in [-0.2, 0) is 11.3 Å². The molecule has 2 N–H and O–H groups in total. The van der Waals surface area contributed by atoms with Gasteiger partial charge in [0.1, 0.15) is 5.75 Å². The van der Waals surface area contributed by atoms with Gasteiger partial charge in [-0.3, -0.25) is 0 Å². The lowest BCUT2D eigenvalue weighted by Gasteiger charge is -2.24. The molecule has 2 rings (SSSR count). The molecule has 0 aliphatic rings. The van der Waals surface area contributed by atoms with Crippen molar-refractivity contribution in [3.05, 3.63) is 18.2 Å². The molecule has 0 amide bonds. The average molecular weight is 249 g/mol. The van der Waals surface area contributed by atoms with Crippen LogP contribution in [-0.4, -0.2) is 29.4 Å².